The van der Waals surface area contributed by atoms with E-state index in [1.54, 1.807) is 0 Å². The lowest BCUT2D eigenvalue weighted by Crippen LogP contribution is -2.49. The Morgan fingerprint density at radius 1 is 1.32 bits per heavy atom. The van der Waals surface area contributed by atoms with Crippen LogP contribution in [0.15, 0.2) is 36.9 Å². The number of piperazine rings is 1. The molecule has 1 fully saturated rings. The molecule has 1 aliphatic rings. The van der Waals surface area contributed by atoms with Gasteiger partial charge in [-0.05, 0) is 18.6 Å². The molecule has 1 saturated heterocycles. The Labute approximate surface area is 114 Å². The van der Waals surface area contributed by atoms with Gasteiger partial charge in [0, 0.05) is 38.4 Å². The van der Waals surface area contributed by atoms with E-state index < -0.39 is 0 Å². The molecule has 0 radical (unpaired) electrons. The van der Waals surface area contributed by atoms with E-state index in [1.165, 1.54) is 0 Å². The van der Waals surface area contributed by atoms with Crippen LogP contribution in [0, 0.1) is 6.92 Å². The molecule has 1 aromatic carbocycles. The van der Waals surface area contributed by atoms with Gasteiger partial charge in [-0.3, -0.25) is 4.90 Å². The highest BCUT2D eigenvalue weighted by atomic mass is 16.2. The third kappa shape index (κ3) is 3.58. The van der Waals surface area contributed by atoms with Crippen LogP contribution < -0.4 is 5.32 Å². The van der Waals surface area contributed by atoms with Gasteiger partial charge in [-0.2, -0.15) is 0 Å². The Morgan fingerprint density at radius 3 is 2.63 bits per heavy atom. The third-order valence-corrected chi connectivity index (χ3v) is 3.43. The molecule has 0 aromatic heterocycles. The molecule has 0 bridgehead atoms. The maximum absolute atomic E-state index is 12.2. The number of carbonyl (C=O) groups is 1. The van der Waals surface area contributed by atoms with Crippen LogP contribution in [0.1, 0.15) is 5.56 Å². The van der Waals surface area contributed by atoms with Gasteiger partial charge in [-0.1, -0.05) is 24.3 Å². The Morgan fingerprint density at radius 2 is 2.00 bits per heavy atom. The van der Waals surface area contributed by atoms with Crippen molar-refractivity contribution in [3.05, 3.63) is 42.5 Å². The fourth-order valence-electron chi connectivity index (χ4n) is 2.22. The standard InChI is InChI=1S/C15H21N3O/c1-3-8-17-9-11-18(12-10-17)15(19)16-14-7-5-4-6-13(14)2/h3-7H,1,8-12H2,2H3,(H,16,19). The first-order chi connectivity index (χ1) is 9.20. The molecule has 1 N–H and O–H groups in total. The van der Waals surface area contributed by atoms with Gasteiger partial charge in [0.25, 0.3) is 0 Å². The molecule has 0 aliphatic carbocycles. The molecule has 0 saturated carbocycles. The minimum atomic E-state index is -0.00690. The molecule has 2 rings (SSSR count). The van der Waals surface area contributed by atoms with E-state index in [0.717, 1.165) is 44.0 Å². The summed E-state index contributed by atoms with van der Waals surface area (Å²) in [6, 6.07) is 7.83. The second kappa shape index (κ2) is 6.38. The van der Waals surface area contributed by atoms with Gasteiger partial charge in [0.2, 0.25) is 0 Å². The number of amides is 2. The van der Waals surface area contributed by atoms with Crippen LogP contribution in [0.25, 0.3) is 0 Å². The zero-order valence-electron chi connectivity index (χ0n) is 11.4. The Bertz CT molecular complexity index is 450. The van der Waals surface area contributed by atoms with Crippen LogP contribution in [-0.4, -0.2) is 48.6 Å². The molecule has 102 valence electrons. The van der Waals surface area contributed by atoms with Gasteiger partial charge in [0.05, 0.1) is 0 Å². The molecule has 19 heavy (non-hydrogen) atoms. The van der Waals surface area contributed by atoms with Crippen molar-refractivity contribution in [2.45, 2.75) is 6.92 Å². The molecule has 4 heteroatoms. The number of carbonyl (C=O) groups excluding carboxylic acids is 1. The number of rotatable bonds is 3. The monoisotopic (exact) mass is 259 g/mol. The smallest absolute Gasteiger partial charge is 0.321 e. The minimum Gasteiger partial charge on any atom is -0.322 e. The number of benzene rings is 1. The van der Waals surface area contributed by atoms with Crippen molar-refractivity contribution in [2.75, 3.05) is 38.0 Å². The summed E-state index contributed by atoms with van der Waals surface area (Å²) < 4.78 is 0. The van der Waals surface area contributed by atoms with E-state index in [9.17, 15) is 4.79 Å². The van der Waals surface area contributed by atoms with E-state index in [0.29, 0.717) is 0 Å². The molecule has 1 aliphatic heterocycles. The quantitative estimate of drug-likeness (QED) is 0.846. The predicted octanol–water partition coefficient (Wildman–Crippen LogP) is 2.33. The third-order valence-electron chi connectivity index (χ3n) is 3.43. The topological polar surface area (TPSA) is 35.6 Å². The van der Waals surface area contributed by atoms with Crippen molar-refractivity contribution in [2.24, 2.45) is 0 Å². The molecule has 1 aromatic rings. The van der Waals surface area contributed by atoms with Crippen molar-refractivity contribution in [3.63, 3.8) is 0 Å². The van der Waals surface area contributed by atoms with Crippen molar-refractivity contribution in [1.82, 2.24) is 9.80 Å². The Kier molecular flexibility index (Phi) is 4.58. The van der Waals surface area contributed by atoms with Gasteiger partial charge in [-0.25, -0.2) is 4.79 Å². The van der Waals surface area contributed by atoms with Gasteiger partial charge in [0.1, 0.15) is 0 Å². The first-order valence-corrected chi connectivity index (χ1v) is 6.65. The highest BCUT2D eigenvalue weighted by Gasteiger charge is 2.20. The highest BCUT2D eigenvalue weighted by Crippen LogP contribution is 2.14. The lowest BCUT2D eigenvalue weighted by molar-refractivity contribution is 0.156. The van der Waals surface area contributed by atoms with Crippen LogP contribution in [0.3, 0.4) is 0 Å². The number of para-hydroxylation sites is 1. The normalized spacial score (nSPS) is 16.2. The van der Waals surface area contributed by atoms with Crippen molar-refractivity contribution < 1.29 is 4.79 Å². The number of nitrogens with one attached hydrogen (secondary N) is 1. The van der Waals surface area contributed by atoms with E-state index in [2.05, 4.69) is 16.8 Å². The summed E-state index contributed by atoms with van der Waals surface area (Å²) in [6.45, 7) is 9.99. The predicted molar refractivity (Wildman–Crippen MR) is 78.4 cm³/mol. The largest absolute Gasteiger partial charge is 0.322 e. The summed E-state index contributed by atoms with van der Waals surface area (Å²) in [5.41, 5.74) is 1.97. The second-order valence-electron chi connectivity index (χ2n) is 4.82. The molecular formula is C15H21N3O. The van der Waals surface area contributed by atoms with Gasteiger partial charge in [-0.15, -0.1) is 6.58 Å². The van der Waals surface area contributed by atoms with Gasteiger partial charge >= 0.3 is 6.03 Å². The molecule has 4 nitrogen and oxygen atoms in total. The summed E-state index contributed by atoms with van der Waals surface area (Å²) in [5, 5.41) is 2.98. The van der Waals surface area contributed by atoms with E-state index in [4.69, 9.17) is 0 Å². The molecule has 0 unspecified atom stereocenters. The molecule has 1 heterocycles. The second-order valence-corrected chi connectivity index (χ2v) is 4.82. The van der Waals surface area contributed by atoms with E-state index in [-0.39, 0.29) is 6.03 Å². The summed E-state index contributed by atoms with van der Waals surface area (Å²) in [6.07, 6.45) is 1.91. The molecule has 0 spiro atoms. The van der Waals surface area contributed by atoms with E-state index in [1.807, 2.05) is 42.2 Å². The summed E-state index contributed by atoms with van der Waals surface area (Å²) in [5.74, 6) is 0. The van der Waals surface area contributed by atoms with Crippen LogP contribution >= 0.6 is 0 Å². The first kappa shape index (κ1) is 13.6. The van der Waals surface area contributed by atoms with E-state index >= 15 is 0 Å². The molecule has 2 amide bonds. The number of anilines is 1. The lowest BCUT2D eigenvalue weighted by atomic mass is 10.2. The lowest BCUT2D eigenvalue weighted by Gasteiger charge is -2.34. The fraction of sp³-hybridized carbons (Fsp3) is 0.400. The summed E-state index contributed by atoms with van der Waals surface area (Å²) in [7, 11) is 0. The van der Waals surface area contributed by atoms with Crippen LogP contribution in [-0.2, 0) is 0 Å². The van der Waals surface area contributed by atoms with Gasteiger partial charge in [0.15, 0.2) is 0 Å². The van der Waals surface area contributed by atoms with Crippen LogP contribution in [0.2, 0.25) is 0 Å². The summed E-state index contributed by atoms with van der Waals surface area (Å²) in [4.78, 5) is 16.3. The fourth-order valence-corrected chi connectivity index (χ4v) is 2.22. The average molecular weight is 259 g/mol. The highest BCUT2D eigenvalue weighted by molar-refractivity contribution is 5.90. The van der Waals surface area contributed by atoms with Crippen molar-refractivity contribution >= 4 is 11.7 Å². The zero-order chi connectivity index (χ0) is 13.7. The van der Waals surface area contributed by atoms with Gasteiger partial charge < -0.3 is 10.2 Å². The number of hydrogen-bond acceptors (Lipinski definition) is 2. The van der Waals surface area contributed by atoms with Crippen molar-refractivity contribution in [1.29, 1.82) is 0 Å². The zero-order valence-corrected chi connectivity index (χ0v) is 11.4. The van der Waals surface area contributed by atoms with Crippen molar-refractivity contribution in [3.8, 4) is 0 Å². The van der Waals surface area contributed by atoms with Crippen LogP contribution in [0.4, 0.5) is 10.5 Å². The maximum atomic E-state index is 12.2. The number of nitrogens with zero attached hydrogens (tertiary/aromatic N) is 2. The Hall–Kier alpha value is -1.81. The minimum absolute atomic E-state index is 0.00690. The average Bonchev–Trinajstić information content (AvgIpc) is 2.42. The van der Waals surface area contributed by atoms with Crippen LogP contribution in [0.5, 0.6) is 0 Å². The first-order valence-electron chi connectivity index (χ1n) is 6.65. The maximum Gasteiger partial charge on any atom is 0.321 e. The number of urea groups is 1. The molecular weight excluding hydrogens is 238 g/mol. The summed E-state index contributed by atoms with van der Waals surface area (Å²) >= 11 is 0. The Balaban J connectivity index is 1.88. The number of hydrogen-bond donors (Lipinski definition) is 1. The molecule has 0 atom stereocenters. The number of aryl methyl sites for hydroxylation is 1. The SMILES string of the molecule is C=CCN1CCN(C(=O)Nc2ccccc2C)CC1.